The molecule has 2 rings (SSSR count). The average molecular weight is 269 g/mol. The number of hydrogen-bond acceptors (Lipinski definition) is 1. The number of halogens is 4. The molecule has 1 atom stereocenters. The monoisotopic (exact) mass is 269 g/mol. The van der Waals surface area contributed by atoms with E-state index in [0.717, 1.165) is 12.1 Å². The largest absolute Gasteiger partial charge is 0.376 e. The van der Waals surface area contributed by atoms with Crippen LogP contribution in [0.15, 0.2) is 36.4 Å². The fraction of sp³-hybridized carbons (Fsp3) is 0.143. The Labute approximate surface area is 107 Å². The Morgan fingerprint density at radius 2 is 1.42 bits per heavy atom. The summed E-state index contributed by atoms with van der Waals surface area (Å²) in [4.78, 5) is 0. The van der Waals surface area contributed by atoms with E-state index in [4.69, 9.17) is 0 Å². The number of hydrogen-bond donors (Lipinski definition) is 1. The maximum Gasteiger partial charge on any atom is 0.181 e. The van der Waals surface area contributed by atoms with Crippen molar-refractivity contribution in [2.24, 2.45) is 0 Å². The van der Waals surface area contributed by atoms with Crippen LogP contribution in [-0.2, 0) is 0 Å². The SMILES string of the molecule is CC(Nc1cccc(F)c1F)c1cccc(F)c1F. The third-order valence-corrected chi connectivity index (χ3v) is 2.77. The van der Waals surface area contributed by atoms with E-state index in [1.54, 1.807) is 0 Å². The summed E-state index contributed by atoms with van der Waals surface area (Å²) in [6, 6.07) is 6.66. The van der Waals surface area contributed by atoms with E-state index >= 15 is 0 Å². The van der Waals surface area contributed by atoms with Crippen molar-refractivity contribution in [1.82, 2.24) is 0 Å². The third kappa shape index (κ3) is 2.70. The number of nitrogens with one attached hydrogen (secondary N) is 1. The molecule has 5 heteroatoms. The van der Waals surface area contributed by atoms with Crippen LogP contribution in [0.4, 0.5) is 23.2 Å². The van der Waals surface area contributed by atoms with Crippen molar-refractivity contribution in [2.45, 2.75) is 13.0 Å². The second-order valence-electron chi connectivity index (χ2n) is 4.11. The van der Waals surface area contributed by atoms with E-state index in [1.807, 2.05) is 0 Å². The lowest BCUT2D eigenvalue weighted by atomic mass is 10.1. The molecule has 0 fully saturated rings. The van der Waals surface area contributed by atoms with Gasteiger partial charge in [0.05, 0.1) is 11.7 Å². The highest BCUT2D eigenvalue weighted by Gasteiger charge is 2.16. The van der Waals surface area contributed by atoms with Gasteiger partial charge in [0, 0.05) is 5.56 Å². The zero-order chi connectivity index (χ0) is 14.0. The highest BCUT2D eigenvalue weighted by atomic mass is 19.2. The summed E-state index contributed by atoms with van der Waals surface area (Å²) in [7, 11) is 0. The molecule has 1 unspecified atom stereocenters. The van der Waals surface area contributed by atoms with E-state index in [1.165, 1.54) is 31.2 Å². The summed E-state index contributed by atoms with van der Waals surface area (Å²) in [5.74, 6) is -4.03. The number of benzene rings is 2. The van der Waals surface area contributed by atoms with E-state index in [-0.39, 0.29) is 11.3 Å². The van der Waals surface area contributed by atoms with Crippen LogP contribution in [0.25, 0.3) is 0 Å². The lowest BCUT2D eigenvalue weighted by molar-refractivity contribution is 0.493. The van der Waals surface area contributed by atoms with Gasteiger partial charge in [0.1, 0.15) is 0 Å². The van der Waals surface area contributed by atoms with Crippen molar-refractivity contribution in [2.75, 3.05) is 5.32 Å². The van der Waals surface area contributed by atoms with Crippen molar-refractivity contribution in [3.05, 3.63) is 65.2 Å². The van der Waals surface area contributed by atoms with Crippen molar-refractivity contribution in [1.29, 1.82) is 0 Å². The van der Waals surface area contributed by atoms with Gasteiger partial charge in [0.25, 0.3) is 0 Å². The summed E-state index contributed by atoms with van der Waals surface area (Å²) >= 11 is 0. The fourth-order valence-corrected chi connectivity index (χ4v) is 1.78. The van der Waals surface area contributed by atoms with Crippen molar-refractivity contribution >= 4 is 5.69 Å². The van der Waals surface area contributed by atoms with Gasteiger partial charge in [0.2, 0.25) is 0 Å². The summed E-state index contributed by atoms with van der Waals surface area (Å²) in [5.41, 5.74) is -0.0557. The van der Waals surface area contributed by atoms with Crippen LogP contribution in [0.1, 0.15) is 18.5 Å². The molecule has 0 aromatic heterocycles. The van der Waals surface area contributed by atoms with Crippen LogP contribution >= 0.6 is 0 Å². The minimum Gasteiger partial charge on any atom is -0.376 e. The normalized spacial score (nSPS) is 12.3. The molecule has 0 bridgehead atoms. The van der Waals surface area contributed by atoms with Crippen LogP contribution in [0.2, 0.25) is 0 Å². The fourth-order valence-electron chi connectivity index (χ4n) is 1.78. The second kappa shape index (κ2) is 5.30. The predicted octanol–water partition coefficient (Wildman–Crippen LogP) is 4.42. The smallest absolute Gasteiger partial charge is 0.181 e. The quantitative estimate of drug-likeness (QED) is 0.813. The maximum absolute atomic E-state index is 13.6. The Bertz CT molecular complexity index is 598. The zero-order valence-electron chi connectivity index (χ0n) is 10.1. The van der Waals surface area contributed by atoms with Gasteiger partial charge in [0.15, 0.2) is 23.3 Å². The number of rotatable bonds is 3. The highest BCUT2D eigenvalue weighted by Crippen LogP contribution is 2.25. The van der Waals surface area contributed by atoms with Gasteiger partial charge in [-0.05, 0) is 25.1 Å². The molecule has 0 radical (unpaired) electrons. The van der Waals surface area contributed by atoms with Gasteiger partial charge >= 0.3 is 0 Å². The molecule has 0 aliphatic rings. The molecule has 0 aliphatic heterocycles. The molecule has 19 heavy (non-hydrogen) atoms. The van der Waals surface area contributed by atoms with Gasteiger partial charge < -0.3 is 5.32 Å². The molecule has 0 saturated heterocycles. The molecule has 0 heterocycles. The first kappa shape index (κ1) is 13.4. The first-order chi connectivity index (χ1) is 9.00. The van der Waals surface area contributed by atoms with E-state index in [0.29, 0.717) is 0 Å². The van der Waals surface area contributed by atoms with Crippen molar-refractivity contribution < 1.29 is 17.6 Å². The zero-order valence-corrected chi connectivity index (χ0v) is 10.1. The lowest BCUT2D eigenvalue weighted by Gasteiger charge is -2.17. The van der Waals surface area contributed by atoms with Crippen LogP contribution in [-0.4, -0.2) is 0 Å². The minimum atomic E-state index is -1.05. The Morgan fingerprint density at radius 1 is 0.842 bits per heavy atom. The highest BCUT2D eigenvalue weighted by molar-refractivity contribution is 5.47. The Balaban J connectivity index is 2.28. The van der Waals surface area contributed by atoms with Crippen LogP contribution in [0.5, 0.6) is 0 Å². The minimum absolute atomic E-state index is 0.0451. The van der Waals surface area contributed by atoms with Gasteiger partial charge in [-0.25, -0.2) is 17.6 Å². The Hall–Kier alpha value is -2.04. The van der Waals surface area contributed by atoms with E-state index in [2.05, 4.69) is 5.32 Å². The molecular formula is C14H11F4N. The Morgan fingerprint density at radius 3 is 2.11 bits per heavy atom. The summed E-state index contributed by atoms with van der Waals surface area (Å²) < 4.78 is 53.1. The first-order valence-corrected chi connectivity index (χ1v) is 5.65. The van der Waals surface area contributed by atoms with Gasteiger partial charge in [-0.2, -0.15) is 0 Å². The van der Waals surface area contributed by atoms with Crippen LogP contribution in [0, 0.1) is 23.3 Å². The van der Waals surface area contributed by atoms with Crippen LogP contribution in [0.3, 0.4) is 0 Å². The van der Waals surface area contributed by atoms with Gasteiger partial charge in [-0.3, -0.25) is 0 Å². The average Bonchev–Trinajstić information content (AvgIpc) is 2.38. The second-order valence-corrected chi connectivity index (χ2v) is 4.11. The molecule has 100 valence electrons. The molecule has 0 spiro atoms. The summed E-state index contributed by atoms with van der Waals surface area (Å²) in [5, 5.41) is 2.61. The summed E-state index contributed by atoms with van der Waals surface area (Å²) in [6.07, 6.45) is 0. The predicted molar refractivity (Wildman–Crippen MR) is 64.8 cm³/mol. The third-order valence-electron chi connectivity index (χ3n) is 2.77. The topological polar surface area (TPSA) is 12.0 Å². The lowest BCUT2D eigenvalue weighted by Crippen LogP contribution is -2.11. The number of anilines is 1. The molecular weight excluding hydrogens is 258 g/mol. The van der Waals surface area contributed by atoms with Crippen molar-refractivity contribution in [3.63, 3.8) is 0 Å². The van der Waals surface area contributed by atoms with E-state index < -0.39 is 29.3 Å². The van der Waals surface area contributed by atoms with Gasteiger partial charge in [-0.1, -0.05) is 18.2 Å². The molecule has 0 amide bonds. The molecule has 2 aromatic rings. The first-order valence-electron chi connectivity index (χ1n) is 5.65. The molecule has 1 N–H and O–H groups in total. The molecule has 0 aliphatic carbocycles. The Kier molecular flexibility index (Phi) is 3.74. The van der Waals surface area contributed by atoms with Crippen molar-refractivity contribution in [3.8, 4) is 0 Å². The van der Waals surface area contributed by atoms with Gasteiger partial charge in [-0.15, -0.1) is 0 Å². The molecule has 0 saturated carbocycles. The molecule has 1 nitrogen and oxygen atoms in total. The van der Waals surface area contributed by atoms with Crippen LogP contribution < -0.4 is 5.32 Å². The summed E-state index contributed by atoms with van der Waals surface area (Å²) in [6.45, 7) is 1.53. The van der Waals surface area contributed by atoms with E-state index in [9.17, 15) is 17.6 Å². The maximum atomic E-state index is 13.6. The standard InChI is InChI=1S/C14H11F4N/c1-8(9-4-2-5-10(15)13(9)17)19-12-7-3-6-11(16)14(12)18/h2-8,19H,1H3. The molecule has 2 aromatic carbocycles.